The van der Waals surface area contributed by atoms with Crippen LogP contribution in [-0.2, 0) is 19.4 Å². The smallest absolute Gasteiger partial charge is 0.331 e. The standard InChI is InChI=1S/C24H26N2O7S/c1-16-12-20(17(2)26(16)19-8-11-34(29,30)15-19)21(27)14-33-24(28)7-5-18-4-6-22(32-10-9-25)23(13-18)31-3/h4-7,12-13,19H,8,10-11,14-15H2,1-3H3/b7-5+. The van der Waals surface area contributed by atoms with Crippen molar-refractivity contribution in [3.63, 3.8) is 0 Å². The molecule has 1 atom stereocenters. The van der Waals surface area contributed by atoms with Crippen molar-refractivity contribution in [2.45, 2.75) is 26.3 Å². The fourth-order valence-electron chi connectivity index (χ4n) is 4.04. The highest BCUT2D eigenvalue weighted by Crippen LogP contribution is 2.30. The van der Waals surface area contributed by atoms with Gasteiger partial charge >= 0.3 is 5.97 Å². The minimum absolute atomic E-state index is 0.0625. The number of rotatable bonds is 9. The molecule has 1 aromatic carbocycles. The summed E-state index contributed by atoms with van der Waals surface area (Å²) in [5, 5.41) is 8.63. The van der Waals surface area contributed by atoms with Gasteiger partial charge in [-0.15, -0.1) is 0 Å². The zero-order chi connectivity index (χ0) is 24.9. The van der Waals surface area contributed by atoms with Gasteiger partial charge in [0.05, 0.1) is 18.6 Å². The zero-order valence-corrected chi connectivity index (χ0v) is 20.1. The van der Waals surface area contributed by atoms with Crippen LogP contribution in [0.3, 0.4) is 0 Å². The molecule has 1 aliphatic rings. The van der Waals surface area contributed by atoms with Crippen molar-refractivity contribution in [2.24, 2.45) is 0 Å². The van der Waals surface area contributed by atoms with E-state index >= 15 is 0 Å². The van der Waals surface area contributed by atoms with E-state index < -0.39 is 22.4 Å². The first-order chi connectivity index (χ1) is 16.1. The molecule has 3 rings (SSSR count). The Morgan fingerprint density at radius 2 is 2.00 bits per heavy atom. The van der Waals surface area contributed by atoms with Crippen molar-refractivity contribution in [3.05, 3.63) is 52.9 Å². The van der Waals surface area contributed by atoms with E-state index in [1.807, 2.05) is 17.6 Å². The van der Waals surface area contributed by atoms with E-state index in [1.165, 1.54) is 19.3 Å². The lowest BCUT2D eigenvalue weighted by molar-refractivity contribution is -0.136. The van der Waals surface area contributed by atoms with Crippen LogP contribution < -0.4 is 9.47 Å². The highest BCUT2D eigenvalue weighted by molar-refractivity contribution is 7.91. The first kappa shape index (κ1) is 25.1. The van der Waals surface area contributed by atoms with Crippen LogP contribution in [0, 0.1) is 25.2 Å². The Hall–Kier alpha value is -3.58. The molecule has 0 radical (unpaired) electrons. The molecule has 34 heavy (non-hydrogen) atoms. The van der Waals surface area contributed by atoms with Gasteiger partial charge in [0, 0.05) is 29.1 Å². The van der Waals surface area contributed by atoms with Gasteiger partial charge in [0.2, 0.25) is 5.78 Å². The molecule has 9 nitrogen and oxygen atoms in total. The summed E-state index contributed by atoms with van der Waals surface area (Å²) in [6.07, 6.45) is 3.22. The van der Waals surface area contributed by atoms with Gasteiger partial charge in [0.1, 0.15) is 6.07 Å². The first-order valence-corrected chi connectivity index (χ1v) is 12.4. The summed E-state index contributed by atoms with van der Waals surface area (Å²) in [4.78, 5) is 24.8. The van der Waals surface area contributed by atoms with E-state index in [1.54, 1.807) is 31.2 Å². The quantitative estimate of drug-likeness (QED) is 0.301. The Balaban J connectivity index is 1.61. The summed E-state index contributed by atoms with van der Waals surface area (Å²) in [7, 11) is -1.60. The molecular formula is C24H26N2O7S. The van der Waals surface area contributed by atoms with Gasteiger partial charge in [-0.25, -0.2) is 13.2 Å². The monoisotopic (exact) mass is 486 g/mol. The van der Waals surface area contributed by atoms with Crippen LogP contribution in [0.15, 0.2) is 30.3 Å². The van der Waals surface area contributed by atoms with Gasteiger partial charge in [-0.05, 0) is 50.1 Å². The number of nitriles is 1. The Morgan fingerprint density at radius 1 is 1.24 bits per heavy atom. The maximum Gasteiger partial charge on any atom is 0.331 e. The molecule has 1 saturated heterocycles. The van der Waals surface area contributed by atoms with Crippen LogP contribution in [0.25, 0.3) is 6.08 Å². The van der Waals surface area contributed by atoms with Crippen LogP contribution in [0.5, 0.6) is 11.5 Å². The Bertz CT molecular complexity index is 1270. The number of esters is 1. The second-order valence-electron chi connectivity index (χ2n) is 7.93. The number of carbonyl (C=O) groups excluding carboxylic acids is 2. The van der Waals surface area contributed by atoms with Gasteiger partial charge in [0.25, 0.3) is 0 Å². The number of ether oxygens (including phenoxy) is 3. The molecule has 2 heterocycles. The maximum absolute atomic E-state index is 12.7. The van der Waals surface area contributed by atoms with Gasteiger partial charge in [-0.3, -0.25) is 4.79 Å². The van der Waals surface area contributed by atoms with Crippen molar-refractivity contribution < 1.29 is 32.2 Å². The minimum atomic E-state index is -3.06. The lowest BCUT2D eigenvalue weighted by Gasteiger charge is -2.16. The highest BCUT2D eigenvalue weighted by atomic mass is 32.2. The average Bonchev–Trinajstić information content (AvgIpc) is 3.31. The van der Waals surface area contributed by atoms with Crippen LogP contribution >= 0.6 is 0 Å². The molecule has 0 amide bonds. The molecule has 0 spiro atoms. The van der Waals surface area contributed by atoms with E-state index in [4.69, 9.17) is 19.5 Å². The number of hydrogen-bond acceptors (Lipinski definition) is 8. The topological polar surface area (TPSA) is 125 Å². The summed E-state index contributed by atoms with van der Waals surface area (Å²) in [6.45, 7) is 3.05. The van der Waals surface area contributed by atoms with Crippen molar-refractivity contribution in [2.75, 3.05) is 31.8 Å². The number of aromatic nitrogens is 1. The second kappa shape index (κ2) is 10.6. The Labute approximate surface area is 198 Å². The summed E-state index contributed by atoms with van der Waals surface area (Å²) < 4.78 is 41.2. The number of nitrogens with zero attached hydrogens (tertiary/aromatic N) is 2. The summed E-state index contributed by atoms with van der Waals surface area (Å²) in [5.74, 6) is -0.0276. The van der Waals surface area contributed by atoms with Gasteiger partial charge < -0.3 is 18.8 Å². The van der Waals surface area contributed by atoms with Gasteiger partial charge in [-0.2, -0.15) is 5.26 Å². The summed E-state index contributed by atoms with van der Waals surface area (Å²) in [5.41, 5.74) is 2.52. The third-order valence-electron chi connectivity index (χ3n) is 5.60. The van der Waals surface area contributed by atoms with Crippen molar-refractivity contribution in [1.29, 1.82) is 5.26 Å². The second-order valence-corrected chi connectivity index (χ2v) is 10.2. The van der Waals surface area contributed by atoms with Crippen LogP contribution in [0.1, 0.15) is 39.8 Å². The van der Waals surface area contributed by atoms with E-state index in [-0.39, 0.29) is 29.9 Å². The lowest BCUT2D eigenvalue weighted by atomic mass is 10.1. The molecule has 180 valence electrons. The molecule has 1 aliphatic heterocycles. The SMILES string of the molecule is COc1cc(/C=C/C(=O)OCC(=O)c2cc(C)n(C3CCS(=O)(=O)C3)c2C)ccc1OCC#N. The average molecular weight is 487 g/mol. The van der Waals surface area contributed by atoms with E-state index in [2.05, 4.69) is 0 Å². The number of ketones is 1. The number of aryl methyl sites for hydroxylation is 1. The zero-order valence-electron chi connectivity index (χ0n) is 19.2. The van der Waals surface area contributed by atoms with E-state index in [0.717, 1.165) is 5.69 Å². The summed E-state index contributed by atoms with van der Waals surface area (Å²) >= 11 is 0. The van der Waals surface area contributed by atoms with Crippen molar-refractivity contribution >= 4 is 27.7 Å². The Morgan fingerprint density at radius 3 is 2.65 bits per heavy atom. The van der Waals surface area contributed by atoms with Crippen molar-refractivity contribution in [1.82, 2.24) is 4.57 Å². The first-order valence-electron chi connectivity index (χ1n) is 10.6. The number of carbonyl (C=O) groups is 2. The largest absolute Gasteiger partial charge is 0.493 e. The van der Waals surface area contributed by atoms with Gasteiger partial charge in [0.15, 0.2) is 34.6 Å². The lowest BCUT2D eigenvalue weighted by Crippen LogP contribution is -2.16. The molecule has 0 N–H and O–H groups in total. The number of sulfone groups is 1. The van der Waals surface area contributed by atoms with E-state index in [0.29, 0.717) is 34.7 Å². The molecular weight excluding hydrogens is 460 g/mol. The molecule has 10 heteroatoms. The molecule has 0 bridgehead atoms. The third-order valence-corrected chi connectivity index (χ3v) is 7.35. The van der Waals surface area contributed by atoms with Crippen LogP contribution in [0.2, 0.25) is 0 Å². The molecule has 1 aromatic heterocycles. The third kappa shape index (κ3) is 5.85. The Kier molecular flexibility index (Phi) is 7.79. The fraction of sp³-hybridized carbons (Fsp3) is 0.375. The molecule has 1 fully saturated rings. The molecule has 0 aliphatic carbocycles. The van der Waals surface area contributed by atoms with Gasteiger partial charge in [-0.1, -0.05) is 6.07 Å². The normalized spacial score (nSPS) is 16.8. The van der Waals surface area contributed by atoms with Crippen molar-refractivity contribution in [3.8, 4) is 17.6 Å². The number of benzene rings is 1. The predicted octanol–water partition coefficient (Wildman–Crippen LogP) is 2.81. The number of Topliss-reactive ketones (excluding diaryl/α,β-unsaturated/α-hetero) is 1. The molecule has 1 unspecified atom stereocenters. The predicted molar refractivity (Wildman–Crippen MR) is 125 cm³/mol. The minimum Gasteiger partial charge on any atom is -0.493 e. The fourth-order valence-corrected chi connectivity index (χ4v) is 5.74. The van der Waals surface area contributed by atoms with Crippen LogP contribution in [0.4, 0.5) is 0 Å². The van der Waals surface area contributed by atoms with Crippen LogP contribution in [-0.4, -0.2) is 56.6 Å². The highest BCUT2D eigenvalue weighted by Gasteiger charge is 2.31. The number of hydrogen-bond donors (Lipinski definition) is 0. The van der Waals surface area contributed by atoms with E-state index in [9.17, 15) is 18.0 Å². The molecule has 0 saturated carbocycles. The molecule has 2 aromatic rings. The number of methoxy groups -OCH3 is 1. The maximum atomic E-state index is 12.7. The summed E-state index contributed by atoms with van der Waals surface area (Å²) in [6, 6.07) is 8.33.